The summed E-state index contributed by atoms with van der Waals surface area (Å²) in [5.74, 6) is 0.241. The second kappa shape index (κ2) is 21.5. The summed E-state index contributed by atoms with van der Waals surface area (Å²) in [6, 6.07) is 0. The molecule has 7 heteroatoms. The maximum Gasteiger partial charge on any atom is 0.245 e. The lowest BCUT2D eigenvalue weighted by atomic mass is 10.0. The summed E-state index contributed by atoms with van der Waals surface area (Å²) in [4.78, 5) is 23.0. The van der Waals surface area contributed by atoms with Crippen LogP contribution in [-0.2, 0) is 23.8 Å². The van der Waals surface area contributed by atoms with Crippen LogP contribution in [-0.4, -0.2) is 65.0 Å². The zero-order valence-corrected chi connectivity index (χ0v) is 18.9. The lowest BCUT2D eigenvalue weighted by Gasteiger charge is -2.11. The number of carbonyl (C=O) groups excluding carboxylic acids is 2. The van der Waals surface area contributed by atoms with Gasteiger partial charge in [0.15, 0.2) is 0 Å². The van der Waals surface area contributed by atoms with E-state index in [0.717, 1.165) is 77.5 Å². The third-order valence-corrected chi connectivity index (χ3v) is 4.64. The second-order valence-corrected chi connectivity index (χ2v) is 7.46. The summed E-state index contributed by atoms with van der Waals surface area (Å²) in [5.41, 5.74) is 0. The van der Waals surface area contributed by atoms with E-state index in [0.29, 0.717) is 19.8 Å². The van der Waals surface area contributed by atoms with Crippen molar-refractivity contribution in [2.24, 2.45) is 5.92 Å². The molecule has 0 aliphatic carbocycles. The van der Waals surface area contributed by atoms with Gasteiger partial charge in [-0.2, -0.15) is 0 Å². The Labute approximate surface area is 177 Å². The third-order valence-electron chi connectivity index (χ3n) is 4.64. The Morgan fingerprint density at radius 1 is 0.793 bits per heavy atom. The van der Waals surface area contributed by atoms with E-state index in [1.54, 1.807) is 0 Å². The van der Waals surface area contributed by atoms with E-state index < -0.39 is 0 Å². The van der Waals surface area contributed by atoms with Crippen molar-refractivity contribution < 1.29 is 23.8 Å². The normalized spacial score (nSPS) is 12.0. The van der Waals surface area contributed by atoms with Crippen molar-refractivity contribution >= 4 is 11.8 Å². The van der Waals surface area contributed by atoms with Crippen molar-refractivity contribution in [2.45, 2.75) is 71.6 Å². The van der Waals surface area contributed by atoms with Gasteiger partial charge in [-0.05, 0) is 44.9 Å². The molecule has 1 atom stereocenters. The molecule has 0 bridgehead atoms. The zero-order valence-electron chi connectivity index (χ0n) is 18.9. The van der Waals surface area contributed by atoms with E-state index in [1.165, 1.54) is 7.11 Å². The number of nitrogens with one attached hydrogen (secondary N) is 2. The monoisotopic (exact) mass is 416 g/mol. The van der Waals surface area contributed by atoms with Gasteiger partial charge in [0.1, 0.15) is 6.61 Å². The number of carbonyl (C=O) groups is 2. The van der Waals surface area contributed by atoms with Crippen molar-refractivity contribution in [3.8, 4) is 0 Å². The van der Waals surface area contributed by atoms with Crippen molar-refractivity contribution in [3.05, 3.63) is 0 Å². The van der Waals surface area contributed by atoms with Gasteiger partial charge in [0.25, 0.3) is 0 Å². The van der Waals surface area contributed by atoms with E-state index >= 15 is 0 Å². The van der Waals surface area contributed by atoms with Crippen molar-refractivity contribution in [2.75, 3.05) is 53.2 Å². The Hall–Kier alpha value is -1.18. The first-order chi connectivity index (χ1) is 14.1. The first-order valence-corrected chi connectivity index (χ1v) is 11.3. The standard InChI is InChI=1S/C22H44N2O5/c1-4-5-12-20(2)22(26)24-14-9-7-11-16-29-18-17-28-15-10-6-8-13-23-21(25)19-27-3/h20H,4-19H2,1-3H3,(H,23,25)(H,24,26). The fourth-order valence-electron chi connectivity index (χ4n) is 2.77. The van der Waals surface area contributed by atoms with Crippen LogP contribution in [0.15, 0.2) is 0 Å². The molecule has 2 amide bonds. The first-order valence-electron chi connectivity index (χ1n) is 11.3. The van der Waals surface area contributed by atoms with Crippen LogP contribution in [0.5, 0.6) is 0 Å². The highest BCUT2D eigenvalue weighted by molar-refractivity contribution is 5.78. The molecular formula is C22H44N2O5. The van der Waals surface area contributed by atoms with Gasteiger partial charge in [0.05, 0.1) is 13.2 Å². The van der Waals surface area contributed by atoms with Gasteiger partial charge in [-0.1, -0.05) is 26.7 Å². The van der Waals surface area contributed by atoms with Crippen LogP contribution in [0.3, 0.4) is 0 Å². The molecule has 0 aromatic rings. The number of hydrogen-bond donors (Lipinski definition) is 2. The molecule has 0 aromatic carbocycles. The molecular weight excluding hydrogens is 372 g/mol. The molecule has 0 fully saturated rings. The lowest BCUT2D eigenvalue weighted by Crippen LogP contribution is -2.30. The van der Waals surface area contributed by atoms with Crippen LogP contribution in [0, 0.1) is 5.92 Å². The fraction of sp³-hybridized carbons (Fsp3) is 0.909. The van der Waals surface area contributed by atoms with Gasteiger partial charge in [0.2, 0.25) is 11.8 Å². The molecule has 29 heavy (non-hydrogen) atoms. The van der Waals surface area contributed by atoms with Crippen LogP contribution in [0.25, 0.3) is 0 Å². The molecule has 0 saturated heterocycles. The van der Waals surface area contributed by atoms with Crippen LogP contribution in [0.1, 0.15) is 71.6 Å². The van der Waals surface area contributed by atoms with Crippen molar-refractivity contribution in [1.82, 2.24) is 10.6 Å². The van der Waals surface area contributed by atoms with E-state index in [1.807, 2.05) is 6.92 Å². The van der Waals surface area contributed by atoms with Gasteiger partial charge < -0.3 is 24.8 Å². The first kappa shape index (κ1) is 27.8. The van der Waals surface area contributed by atoms with Gasteiger partial charge in [-0.25, -0.2) is 0 Å². The Balaban J connectivity index is 3.20. The Morgan fingerprint density at radius 3 is 1.93 bits per heavy atom. The van der Waals surface area contributed by atoms with E-state index in [9.17, 15) is 9.59 Å². The topological polar surface area (TPSA) is 85.9 Å². The number of amides is 2. The molecule has 0 aliphatic rings. The van der Waals surface area contributed by atoms with Crippen LogP contribution >= 0.6 is 0 Å². The van der Waals surface area contributed by atoms with Crippen molar-refractivity contribution in [3.63, 3.8) is 0 Å². The molecule has 0 spiro atoms. The quantitative estimate of drug-likeness (QED) is 0.281. The minimum Gasteiger partial charge on any atom is -0.379 e. The Kier molecular flexibility index (Phi) is 20.7. The number of hydrogen-bond acceptors (Lipinski definition) is 5. The van der Waals surface area contributed by atoms with Crippen LogP contribution < -0.4 is 10.6 Å². The summed E-state index contributed by atoms with van der Waals surface area (Å²) < 4.78 is 15.9. The highest BCUT2D eigenvalue weighted by Crippen LogP contribution is 2.07. The van der Waals surface area contributed by atoms with Gasteiger partial charge in [0, 0.05) is 39.3 Å². The third kappa shape index (κ3) is 19.9. The predicted molar refractivity (Wildman–Crippen MR) is 116 cm³/mol. The smallest absolute Gasteiger partial charge is 0.245 e. The molecule has 0 radical (unpaired) electrons. The highest BCUT2D eigenvalue weighted by atomic mass is 16.5. The number of rotatable bonds is 21. The molecule has 2 N–H and O–H groups in total. The fourth-order valence-corrected chi connectivity index (χ4v) is 2.77. The Morgan fingerprint density at radius 2 is 1.38 bits per heavy atom. The van der Waals surface area contributed by atoms with Gasteiger partial charge in [-0.15, -0.1) is 0 Å². The van der Waals surface area contributed by atoms with E-state index in [-0.39, 0.29) is 24.3 Å². The van der Waals surface area contributed by atoms with Gasteiger partial charge >= 0.3 is 0 Å². The summed E-state index contributed by atoms with van der Waals surface area (Å²) >= 11 is 0. The summed E-state index contributed by atoms with van der Waals surface area (Å²) in [6.45, 7) is 8.44. The molecule has 0 aliphatic heterocycles. The molecule has 0 aromatic heterocycles. The lowest BCUT2D eigenvalue weighted by molar-refractivity contribution is -0.125. The SMILES string of the molecule is CCCCC(C)C(=O)NCCCCCOCCOCCCCCNC(=O)COC. The summed E-state index contributed by atoms with van der Waals surface area (Å²) in [5, 5.41) is 5.82. The molecule has 1 unspecified atom stereocenters. The maximum absolute atomic E-state index is 11.9. The number of ether oxygens (including phenoxy) is 3. The van der Waals surface area contributed by atoms with Gasteiger partial charge in [-0.3, -0.25) is 9.59 Å². The summed E-state index contributed by atoms with van der Waals surface area (Å²) in [7, 11) is 1.51. The van der Waals surface area contributed by atoms with E-state index in [4.69, 9.17) is 14.2 Å². The number of unbranched alkanes of at least 4 members (excludes halogenated alkanes) is 5. The Bertz CT molecular complexity index is 393. The number of methoxy groups -OCH3 is 1. The average Bonchev–Trinajstić information content (AvgIpc) is 2.71. The molecule has 7 nitrogen and oxygen atoms in total. The van der Waals surface area contributed by atoms with Crippen molar-refractivity contribution in [1.29, 1.82) is 0 Å². The van der Waals surface area contributed by atoms with Crippen LogP contribution in [0.2, 0.25) is 0 Å². The zero-order chi connectivity index (χ0) is 21.6. The maximum atomic E-state index is 11.9. The average molecular weight is 417 g/mol. The second-order valence-electron chi connectivity index (χ2n) is 7.46. The summed E-state index contributed by atoms with van der Waals surface area (Å²) in [6.07, 6.45) is 9.27. The van der Waals surface area contributed by atoms with Crippen LogP contribution in [0.4, 0.5) is 0 Å². The molecule has 0 saturated carbocycles. The molecule has 0 rings (SSSR count). The predicted octanol–water partition coefficient (Wildman–Crippen LogP) is 3.07. The largest absolute Gasteiger partial charge is 0.379 e. The minimum atomic E-state index is -0.0670. The molecule has 0 heterocycles. The van der Waals surface area contributed by atoms with E-state index in [2.05, 4.69) is 17.6 Å². The highest BCUT2D eigenvalue weighted by Gasteiger charge is 2.10. The minimum absolute atomic E-state index is 0.0670. The molecule has 172 valence electrons.